The first-order chi connectivity index (χ1) is 9.00. The van der Waals surface area contributed by atoms with E-state index in [1.165, 1.54) is 17.4 Å². The first-order valence-corrected chi connectivity index (χ1v) is 6.48. The molecular weight excluding hydrogens is 264 g/mol. The van der Waals surface area contributed by atoms with E-state index in [1.807, 2.05) is 6.92 Å². The van der Waals surface area contributed by atoms with Gasteiger partial charge in [-0.05, 0) is 36.4 Å². The van der Waals surface area contributed by atoms with Gasteiger partial charge in [-0.2, -0.15) is 0 Å². The zero-order valence-electron chi connectivity index (χ0n) is 10.5. The molecule has 1 heterocycles. The summed E-state index contributed by atoms with van der Waals surface area (Å²) in [6.45, 7) is 3.60. The van der Waals surface area contributed by atoms with Crippen LogP contribution in [0.1, 0.15) is 20.8 Å². The summed E-state index contributed by atoms with van der Waals surface area (Å²) in [6.07, 6.45) is 0. The van der Waals surface area contributed by atoms with Crippen LogP contribution in [0.5, 0.6) is 0 Å². The van der Waals surface area contributed by atoms with Crippen LogP contribution >= 0.6 is 11.3 Å². The fraction of sp³-hybridized carbons (Fsp3) is 0.154. The van der Waals surface area contributed by atoms with E-state index in [9.17, 15) is 14.9 Å². The molecule has 98 valence electrons. The molecule has 0 unspecified atom stereocenters. The van der Waals surface area contributed by atoms with Crippen LogP contribution in [0, 0.1) is 24.0 Å². The molecule has 0 fully saturated rings. The number of carbonyl (C=O) groups is 1. The Bertz CT molecular complexity index is 636. The second kappa shape index (κ2) is 5.19. The molecule has 0 saturated carbocycles. The minimum absolute atomic E-state index is 0.0898. The fourth-order valence-electron chi connectivity index (χ4n) is 1.69. The van der Waals surface area contributed by atoms with E-state index in [0.29, 0.717) is 10.4 Å². The summed E-state index contributed by atoms with van der Waals surface area (Å²) in [5.41, 5.74) is 1.78. The molecule has 0 aliphatic carbocycles. The number of hydrogen-bond acceptors (Lipinski definition) is 4. The van der Waals surface area contributed by atoms with E-state index >= 15 is 0 Å². The second-order valence-corrected chi connectivity index (χ2v) is 5.04. The molecule has 1 aromatic carbocycles. The molecule has 1 amide bonds. The van der Waals surface area contributed by atoms with Crippen molar-refractivity contribution in [3.63, 3.8) is 0 Å². The minimum atomic E-state index is -0.490. The van der Waals surface area contributed by atoms with E-state index in [1.54, 1.807) is 30.5 Å². The van der Waals surface area contributed by atoms with Gasteiger partial charge in [0.05, 0.1) is 9.80 Å². The van der Waals surface area contributed by atoms with E-state index < -0.39 is 4.92 Å². The van der Waals surface area contributed by atoms with Crippen LogP contribution in [0.3, 0.4) is 0 Å². The molecular formula is C13H12N2O3S. The van der Waals surface area contributed by atoms with E-state index in [0.717, 1.165) is 5.56 Å². The number of rotatable bonds is 3. The lowest BCUT2D eigenvalue weighted by Crippen LogP contribution is -2.13. The molecule has 0 saturated heterocycles. The quantitative estimate of drug-likeness (QED) is 0.688. The Hall–Kier alpha value is -2.21. The van der Waals surface area contributed by atoms with Gasteiger partial charge in [0.1, 0.15) is 5.69 Å². The lowest BCUT2D eigenvalue weighted by atomic mass is 10.1. The molecule has 1 aromatic heterocycles. The van der Waals surface area contributed by atoms with Gasteiger partial charge in [0, 0.05) is 6.07 Å². The summed E-state index contributed by atoms with van der Waals surface area (Å²) < 4.78 is 0. The SMILES string of the molecule is Cc1ccc([N+](=O)[O-])c(NC(=O)c2cccs2)c1C. The molecule has 5 nitrogen and oxygen atoms in total. The Morgan fingerprint density at radius 1 is 1.32 bits per heavy atom. The van der Waals surface area contributed by atoms with Crippen molar-refractivity contribution in [1.29, 1.82) is 0 Å². The predicted octanol–water partition coefficient (Wildman–Crippen LogP) is 3.53. The molecule has 0 atom stereocenters. The van der Waals surface area contributed by atoms with E-state index in [2.05, 4.69) is 5.32 Å². The van der Waals surface area contributed by atoms with Crippen molar-refractivity contribution in [2.24, 2.45) is 0 Å². The van der Waals surface area contributed by atoms with Crippen molar-refractivity contribution in [2.45, 2.75) is 13.8 Å². The summed E-state index contributed by atoms with van der Waals surface area (Å²) in [6, 6.07) is 6.52. The number of hydrogen-bond donors (Lipinski definition) is 1. The standard InChI is InChI=1S/C13H12N2O3S/c1-8-5-6-10(15(17)18)12(9(8)2)14-13(16)11-4-3-7-19-11/h3-7H,1-2H3,(H,14,16). The summed E-state index contributed by atoms with van der Waals surface area (Å²) >= 11 is 1.29. The molecule has 0 spiro atoms. The maximum Gasteiger partial charge on any atom is 0.293 e. The van der Waals surface area contributed by atoms with Crippen LogP contribution in [-0.4, -0.2) is 10.8 Å². The fourth-order valence-corrected chi connectivity index (χ4v) is 2.31. The Labute approximate surface area is 114 Å². The number of nitro benzene ring substituents is 1. The predicted molar refractivity (Wildman–Crippen MR) is 74.8 cm³/mol. The highest BCUT2D eigenvalue weighted by molar-refractivity contribution is 7.12. The average Bonchev–Trinajstić information content (AvgIpc) is 2.88. The number of nitrogens with one attached hydrogen (secondary N) is 1. The summed E-state index contributed by atoms with van der Waals surface area (Å²) in [5.74, 6) is -0.327. The average molecular weight is 276 g/mol. The third-order valence-corrected chi connectivity index (χ3v) is 3.76. The Kier molecular flexibility index (Phi) is 3.62. The highest BCUT2D eigenvalue weighted by Crippen LogP contribution is 2.30. The van der Waals surface area contributed by atoms with Gasteiger partial charge in [-0.25, -0.2) is 0 Å². The smallest absolute Gasteiger partial charge is 0.293 e. The van der Waals surface area contributed by atoms with Crippen LogP contribution in [0.4, 0.5) is 11.4 Å². The molecule has 0 radical (unpaired) electrons. The Morgan fingerprint density at radius 3 is 2.63 bits per heavy atom. The third-order valence-electron chi connectivity index (χ3n) is 2.89. The highest BCUT2D eigenvalue weighted by atomic mass is 32.1. The maximum absolute atomic E-state index is 12.0. The van der Waals surface area contributed by atoms with Crippen LogP contribution < -0.4 is 5.32 Å². The van der Waals surface area contributed by atoms with Crippen LogP contribution in [0.15, 0.2) is 29.6 Å². The second-order valence-electron chi connectivity index (χ2n) is 4.09. The van der Waals surface area contributed by atoms with Crippen molar-refractivity contribution in [2.75, 3.05) is 5.32 Å². The largest absolute Gasteiger partial charge is 0.315 e. The highest BCUT2D eigenvalue weighted by Gasteiger charge is 2.20. The van der Waals surface area contributed by atoms with Crippen LogP contribution in [0.2, 0.25) is 0 Å². The lowest BCUT2D eigenvalue weighted by Gasteiger charge is -2.10. The molecule has 0 aliphatic rings. The van der Waals surface area contributed by atoms with Crippen molar-refractivity contribution in [3.05, 3.63) is 55.8 Å². The van der Waals surface area contributed by atoms with Gasteiger partial charge in [0.25, 0.3) is 11.6 Å². The number of nitro groups is 1. The first-order valence-electron chi connectivity index (χ1n) is 5.60. The number of thiophene rings is 1. The summed E-state index contributed by atoms with van der Waals surface area (Å²) in [7, 11) is 0. The zero-order chi connectivity index (χ0) is 14.0. The number of carbonyl (C=O) groups excluding carboxylic acids is 1. The summed E-state index contributed by atoms with van der Waals surface area (Å²) in [5, 5.41) is 15.4. The van der Waals surface area contributed by atoms with Crippen molar-refractivity contribution >= 4 is 28.6 Å². The molecule has 2 rings (SSSR count). The van der Waals surface area contributed by atoms with Crippen molar-refractivity contribution < 1.29 is 9.72 Å². The number of amides is 1. The van der Waals surface area contributed by atoms with E-state index in [4.69, 9.17) is 0 Å². The lowest BCUT2D eigenvalue weighted by molar-refractivity contribution is -0.384. The topological polar surface area (TPSA) is 72.2 Å². The molecule has 2 aromatic rings. The minimum Gasteiger partial charge on any atom is -0.315 e. The van der Waals surface area contributed by atoms with Gasteiger partial charge in [-0.3, -0.25) is 14.9 Å². The van der Waals surface area contributed by atoms with E-state index in [-0.39, 0.29) is 17.3 Å². The number of benzene rings is 1. The van der Waals surface area contributed by atoms with Gasteiger partial charge in [0.15, 0.2) is 0 Å². The number of anilines is 1. The molecule has 19 heavy (non-hydrogen) atoms. The third kappa shape index (κ3) is 2.63. The normalized spacial score (nSPS) is 10.2. The molecule has 1 N–H and O–H groups in total. The molecule has 0 bridgehead atoms. The van der Waals surface area contributed by atoms with Crippen molar-refractivity contribution in [1.82, 2.24) is 0 Å². The molecule has 0 aliphatic heterocycles. The monoisotopic (exact) mass is 276 g/mol. The Morgan fingerprint density at radius 2 is 2.05 bits per heavy atom. The first kappa shape index (κ1) is 13.2. The Balaban J connectivity index is 2.41. The number of aryl methyl sites for hydroxylation is 1. The molecule has 6 heteroatoms. The van der Waals surface area contributed by atoms with Gasteiger partial charge >= 0.3 is 0 Å². The summed E-state index contributed by atoms with van der Waals surface area (Å²) in [4.78, 5) is 23.0. The number of nitrogens with zero attached hydrogens (tertiary/aromatic N) is 1. The van der Waals surface area contributed by atoms with Crippen LogP contribution in [0.25, 0.3) is 0 Å². The van der Waals surface area contributed by atoms with Gasteiger partial charge < -0.3 is 5.32 Å². The maximum atomic E-state index is 12.0. The van der Waals surface area contributed by atoms with Crippen LogP contribution in [-0.2, 0) is 0 Å². The van der Waals surface area contributed by atoms with Crippen molar-refractivity contribution in [3.8, 4) is 0 Å². The van der Waals surface area contributed by atoms with Gasteiger partial charge in [0.2, 0.25) is 0 Å². The van der Waals surface area contributed by atoms with Gasteiger partial charge in [-0.1, -0.05) is 12.1 Å². The van der Waals surface area contributed by atoms with Gasteiger partial charge in [-0.15, -0.1) is 11.3 Å². The zero-order valence-corrected chi connectivity index (χ0v) is 11.3.